The quantitative estimate of drug-likeness (QED) is 0.0581. The molecule has 4 aromatic rings. The van der Waals surface area contributed by atoms with Crippen LogP contribution in [0, 0.1) is 0 Å². The molecule has 0 radical (unpaired) electrons. The third-order valence-electron chi connectivity index (χ3n) is 6.88. The third kappa shape index (κ3) is 6.95. The van der Waals surface area contributed by atoms with Gasteiger partial charge in [0.05, 0.1) is 36.0 Å². The van der Waals surface area contributed by atoms with E-state index in [2.05, 4.69) is 0 Å². The molecule has 0 atom stereocenters. The molecule has 0 amide bonds. The highest BCUT2D eigenvalue weighted by Crippen LogP contribution is 2.46. The Labute approximate surface area is 254 Å². The van der Waals surface area contributed by atoms with Gasteiger partial charge >= 0.3 is 11.9 Å². The fraction of sp³-hybridized carbons (Fsp3) is 0.200. The largest absolute Gasteiger partial charge is 0.504 e. The minimum absolute atomic E-state index is 0.0167. The molecular weight excluding hydrogens is 564 g/mol. The second-order valence-corrected chi connectivity index (χ2v) is 9.86. The highest BCUT2D eigenvalue weighted by atomic mass is 16.5. The van der Waals surface area contributed by atoms with E-state index in [1.165, 1.54) is 55.6 Å². The average Bonchev–Trinajstić information content (AvgIpc) is 3.06. The first-order valence-electron chi connectivity index (χ1n) is 14.1. The van der Waals surface area contributed by atoms with Crippen molar-refractivity contribution in [1.29, 1.82) is 0 Å². The first-order chi connectivity index (χ1) is 21.3. The van der Waals surface area contributed by atoms with E-state index in [0.717, 1.165) is 19.3 Å². The van der Waals surface area contributed by atoms with Gasteiger partial charge in [-0.3, -0.25) is 9.59 Å². The average molecular weight is 597 g/mol. The van der Waals surface area contributed by atoms with Crippen molar-refractivity contribution < 1.29 is 43.6 Å². The second-order valence-electron chi connectivity index (χ2n) is 9.86. The number of hydrogen-bond donors (Lipinski definition) is 2. The van der Waals surface area contributed by atoms with Crippen molar-refractivity contribution in [2.45, 2.75) is 32.6 Å². The molecule has 9 heteroatoms. The number of rotatable bonds is 13. The number of esters is 2. The van der Waals surface area contributed by atoms with Crippen molar-refractivity contribution in [2.75, 3.05) is 13.7 Å². The molecule has 0 aromatic heterocycles. The fourth-order valence-electron chi connectivity index (χ4n) is 4.55. The Balaban J connectivity index is 1.97. The molecule has 44 heavy (non-hydrogen) atoms. The van der Waals surface area contributed by atoms with Crippen molar-refractivity contribution in [3.63, 3.8) is 0 Å². The highest BCUT2D eigenvalue weighted by Gasteiger charge is 2.37. The predicted octanol–water partition coefficient (Wildman–Crippen LogP) is 6.52. The van der Waals surface area contributed by atoms with Gasteiger partial charge < -0.3 is 24.4 Å². The molecule has 0 spiro atoms. The number of carbonyl (C=O) groups is 4. The lowest BCUT2D eigenvalue weighted by molar-refractivity contribution is 0.0489. The Morgan fingerprint density at radius 3 is 1.77 bits per heavy atom. The lowest BCUT2D eigenvalue weighted by Gasteiger charge is -2.20. The number of unbranched alkanes of at least 4 members (excludes halogenated alkanes) is 3. The molecule has 0 aliphatic rings. The molecular formula is C35H32O9. The molecule has 0 aliphatic heterocycles. The standard InChI is InChI=1S/C35H32O9/c1-3-4-5-12-21-43-35(41)26-27(29(36)22-13-8-6-9-14-22)31(38)32(39)33(44-34(40)24-15-10-7-11-16-24)28(26)30(37)23-17-19-25(42-2)20-18-23/h6-11,13-20,38-39H,3-5,12,21H2,1-2H3. The van der Waals surface area contributed by atoms with Crippen LogP contribution in [0.2, 0.25) is 0 Å². The van der Waals surface area contributed by atoms with E-state index in [1.807, 2.05) is 6.92 Å². The van der Waals surface area contributed by atoms with Crippen LogP contribution in [0.3, 0.4) is 0 Å². The SMILES string of the molecule is CCCCCCOC(=O)c1c(C(=O)c2ccccc2)c(O)c(O)c(OC(=O)c2ccccc2)c1C(=O)c1ccc(OC)cc1. The molecule has 0 saturated heterocycles. The van der Waals surface area contributed by atoms with Crippen LogP contribution in [0.1, 0.15) is 85.2 Å². The van der Waals surface area contributed by atoms with E-state index in [-0.39, 0.29) is 23.3 Å². The van der Waals surface area contributed by atoms with Crippen LogP contribution in [0.25, 0.3) is 0 Å². The third-order valence-corrected chi connectivity index (χ3v) is 6.88. The summed E-state index contributed by atoms with van der Waals surface area (Å²) < 4.78 is 16.2. The number of ketones is 2. The molecule has 0 aliphatic carbocycles. The molecule has 226 valence electrons. The molecule has 0 saturated carbocycles. The van der Waals surface area contributed by atoms with Gasteiger partial charge in [-0.2, -0.15) is 0 Å². The van der Waals surface area contributed by atoms with E-state index >= 15 is 0 Å². The number of carbonyl (C=O) groups excluding carboxylic acids is 4. The minimum Gasteiger partial charge on any atom is -0.504 e. The number of hydrogen-bond acceptors (Lipinski definition) is 9. The van der Waals surface area contributed by atoms with Gasteiger partial charge in [-0.25, -0.2) is 9.59 Å². The summed E-state index contributed by atoms with van der Waals surface area (Å²) in [6.45, 7) is 2.00. The molecule has 4 aromatic carbocycles. The first kappa shape index (κ1) is 31.5. The first-order valence-corrected chi connectivity index (χ1v) is 14.1. The summed E-state index contributed by atoms with van der Waals surface area (Å²) >= 11 is 0. The lowest BCUT2D eigenvalue weighted by atomic mass is 9.88. The summed E-state index contributed by atoms with van der Waals surface area (Å²) in [7, 11) is 1.45. The summed E-state index contributed by atoms with van der Waals surface area (Å²) in [6.07, 6.45) is 3.16. The van der Waals surface area contributed by atoms with Gasteiger partial charge in [-0.05, 0) is 42.8 Å². The van der Waals surface area contributed by atoms with Crippen molar-refractivity contribution in [3.8, 4) is 23.0 Å². The fourth-order valence-corrected chi connectivity index (χ4v) is 4.55. The summed E-state index contributed by atoms with van der Waals surface area (Å²) in [6, 6.07) is 21.3. The van der Waals surface area contributed by atoms with E-state index in [4.69, 9.17) is 14.2 Å². The van der Waals surface area contributed by atoms with Crippen LogP contribution in [0.5, 0.6) is 23.0 Å². The van der Waals surface area contributed by atoms with E-state index < -0.39 is 57.4 Å². The molecule has 0 fully saturated rings. The Morgan fingerprint density at radius 1 is 0.614 bits per heavy atom. The Kier molecular flexibility index (Phi) is 10.5. The molecule has 0 bridgehead atoms. The van der Waals surface area contributed by atoms with Gasteiger partial charge in [0, 0.05) is 11.1 Å². The van der Waals surface area contributed by atoms with Crippen molar-refractivity contribution in [1.82, 2.24) is 0 Å². The molecule has 9 nitrogen and oxygen atoms in total. The van der Waals surface area contributed by atoms with Crippen LogP contribution < -0.4 is 9.47 Å². The van der Waals surface area contributed by atoms with E-state index in [1.54, 1.807) is 36.4 Å². The van der Waals surface area contributed by atoms with Crippen LogP contribution in [0.4, 0.5) is 0 Å². The Morgan fingerprint density at radius 2 is 1.18 bits per heavy atom. The molecule has 4 rings (SSSR count). The molecule has 0 heterocycles. The van der Waals surface area contributed by atoms with Crippen molar-refractivity contribution >= 4 is 23.5 Å². The monoisotopic (exact) mass is 596 g/mol. The zero-order valence-electron chi connectivity index (χ0n) is 24.4. The number of phenolic OH excluding ortho intramolecular Hbond substituents is 2. The number of aromatic hydroxyl groups is 2. The van der Waals surface area contributed by atoms with Gasteiger partial charge in [0.2, 0.25) is 5.75 Å². The number of benzene rings is 4. The second kappa shape index (κ2) is 14.6. The number of phenols is 2. The van der Waals surface area contributed by atoms with Crippen molar-refractivity contribution in [3.05, 3.63) is 118 Å². The number of ether oxygens (including phenoxy) is 3. The zero-order chi connectivity index (χ0) is 31.6. The van der Waals surface area contributed by atoms with Crippen LogP contribution in [-0.4, -0.2) is 47.4 Å². The van der Waals surface area contributed by atoms with Gasteiger partial charge in [0.25, 0.3) is 0 Å². The van der Waals surface area contributed by atoms with E-state index in [0.29, 0.717) is 12.2 Å². The molecule has 2 N–H and O–H groups in total. The maximum atomic E-state index is 14.2. The summed E-state index contributed by atoms with van der Waals surface area (Å²) in [5.41, 5.74) is -1.77. The Hall–Kier alpha value is -5.44. The van der Waals surface area contributed by atoms with Gasteiger partial charge in [0.1, 0.15) is 5.75 Å². The Bertz CT molecular complexity index is 1640. The predicted molar refractivity (Wildman–Crippen MR) is 162 cm³/mol. The van der Waals surface area contributed by atoms with Crippen LogP contribution in [-0.2, 0) is 4.74 Å². The summed E-state index contributed by atoms with van der Waals surface area (Å²) in [5, 5.41) is 22.4. The maximum absolute atomic E-state index is 14.2. The topological polar surface area (TPSA) is 136 Å². The highest BCUT2D eigenvalue weighted by molar-refractivity contribution is 6.24. The molecule has 0 unspecified atom stereocenters. The lowest BCUT2D eigenvalue weighted by Crippen LogP contribution is -2.22. The van der Waals surface area contributed by atoms with Crippen LogP contribution in [0.15, 0.2) is 84.9 Å². The maximum Gasteiger partial charge on any atom is 0.343 e. The van der Waals surface area contributed by atoms with Gasteiger partial charge in [-0.1, -0.05) is 74.7 Å². The van der Waals surface area contributed by atoms with Gasteiger partial charge in [-0.15, -0.1) is 0 Å². The van der Waals surface area contributed by atoms with Crippen molar-refractivity contribution in [2.24, 2.45) is 0 Å². The van der Waals surface area contributed by atoms with E-state index in [9.17, 15) is 29.4 Å². The smallest absolute Gasteiger partial charge is 0.343 e. The summed E-state index contributed by atoms with van der Waals surface area (Å²) in [4.78, 5) is 54.9. The normalized spacial score (nSPS) is 10.6. The van der Waals surface area contributed by atoms with Gasteiger partial charge in [0.15, 0.2) is 23.1 Å². The zero-order valence-corrected chi connectivity index (χ0v) is 24.4. The summed E-state index contributed by atoms with van der Waals surface area (Å²) in [5.74, 6) is -6.28. The minimum atomic E-state index is -1.11. The number of methoxy groups -OCH3 is 1. The van der Waals surface area contributed by atoms with Crippen LogP contribution >= 0.6 is 0 Å².